The molecule has 2 aliphatic rings. The summed E-state index contributed by atoms with van der Waals surface area (Å²) in [5.74, 6) is -0.410. The van der Waals surface area contributed by atoms with E-state index in [9.17, 15) is 4.79 Å². The fourth-order valence-corrected chi connectivity index (χ4v) is 6.79. The van der Waals surface area contributed by atoms with Gasteiger partial charge in [-0.05, 0) is 74.0 Å². The van der Waals surface area contributed by atoms with E-state index in [0.29, 0.717) is 28.8 Å². The number of hydrogen-bond donors (Lipinski definition) is 0. The summed E-state index contributed by atoms with van der Waals surface area (Å²) in [7, 11) is 0. The highest BCUT2D eigenvalue weighted by Crippen LogP contribution is 2.40. The SMILES string of the molecule is CCC(C)n1ncn(-c2ccc(N3CCN(c4ccc(OC[C@H]5CO[C@](Cn6cncn6)(c6ccc(Cl)cc6Cl)O5)cc4)CC3)cc2)c1=O.Cl.Cl. The molecule has 1 unspecified atom stereocenters. The van der Waals surface area contributed by atoms with E-state index >= 15 is 0 Å². The van der Waals surface area contributed by atoms with Gasteiger partial charge in [-0.2, -0.15) is 10.2 Å². The number of halogens is 4. The van der Waals surface area contributed by atoms with Gasteiger partial charge in [0.15, 0.2) is 0 Å². The normalized spacial score (nSPS) is 19.3. The predicted molar refractivity (Wildman–Crippen MR) is 203 cm³/mol. The van der Waals surface area contributed by atoms with Gasteiger partial charge >= 0.3 is 5.69 Å². The molecule has 3 aromatic carbocycles. The van der Waals surface area contributed by atoms with Gasteiger partial charge in [0.25, 0.3) is 0 Å². The van der Waals surface area contributed by atoms with Crippen molar-refractivity contribution in [2.75, 3.05) is 49.2 Å². The van der Waals surface area contributed by atoms with E-state index in [-0.39, 0.29) is 49.2 Å². The topological polar surface area (TPSA) is 105 Å². The smallest absolute Gasteiger partial charge is 0.350 e. The summed E-state index contributed by atoms with van der Waals surface area (Å²) in [6, 6.07) is 21.6. The summed E-state index contributed by atoms with van der Waals surface area (Å²) in [4.78, 5) is 21.6. The maximum atomic E-state index is 12.8. The second kappa shape index (κ2) is 16.7. The molecule has 2 saturated heterocycles. The fraction of sp³-hybridized carbons (Fsp3) is 0.371. The van der Waals surface area contributed by atoms with E-state index in [0.717, 1.165) is 55.4 Å². The van der Waals surface area contributed by atoms with Crippen molar-refractivity contribution in [2.45, 2.75) is 44.7 Å². The molecule has 2 aromatic heterocycles. The third kappa shape index (κ3) is 8.32. The minimum Gasteiger partial charge on any atom is -0.491 e. The molecule has 0 spiro atoms. The Morgan fingerprint density at radius 3 is 2.16 bits per heavy atom. The maximum absolute atomic E-state index is 12.8. The van der Waals surface area contributed by atoms with E-state index < -0.39 is 5.79 Å². The number of piperazine rings is 1. The molecule has 0 saturated carbocycles. The Balaban J connectivity index is 0.00000252. The van der Waals surface area contributed by atoms with Crippen molar-refractivity contribution in [1.29, 1.82) is 0 Å². The first-order valence-corrected chi connectivity index (χ1v) is 17.2. The van der Waals surface area contributed by atoms with Crippen molar-refractivity contribution < 1.29 is 14.2 Å². The summed E-state index contributed by atoms with van der Waals surface area (Å²) in [5, 5.41) is 9.50. The Labute approximate surface area is 318 Å². The number of benzene rings is 3. The average Bonchev–Trinajstić information content (AvgIpc) is 3.88. The number of hydrogen-bond acceptors (Lipinski definition) is 9. The number of ether oxygens (including phenoxy) is 3. The summed E-state index contributed by atoms with van der Waals surface area (Å²) in [6.07, 6.45) is 5.19. The summed E-state index contributed by atoms with van der Waals surface area (Å²) >= 11 is 12.7. The predicted octanol–water partition coefficient (Wildman–Crippen LogP) is 6.42. The molecule has 0 radical (unpaired) electrons. The first-order chi connectivity index (χ1) is 23.8. The van der Waals surface area contributed by atoms with Crippen LogP contribution in [0.25, 0.3) is 5.69 Å². The lowest BCUT2D eigenvalue weighted by molar-refractivity contribution is -0.190. The molecule has 0 bridgehead atoms. The number of aromatic nitrogens is 6. The molecule has 12 nitrogen and oxygen atoms in total. The second-order valence-electron chi connectivity index (χ2n) is 12.3. The lowest BCUT2D eigenvalue weighted by Crippen LogP contribution is -2.46. The third-order valence-electron chi connectivity index (χ3n) is 9.15. The molecular formula is C35H40Cl4N8O4. The van der Waals surface area contributed by atoms with Gasteiger partial charge in [-0.1, -0.05) is 36.2 Å². The summed E-state index contributed by atoms with van der Waals surface area (Å²) < 4.78 is 23.7. The lowest BCUT2D eigenvalue weighted by atomic mass is 10.1. The quantitative estimate of drug-likeness (QED) is 0.150. The molecule has 7 rings (SSSR count). The monoisotopic (exact) mass is 776 g/mol. The molecular weight excluding hydrogens is 738 g/mol. The van der Waals surface area contributed by atoms with Gasteiger partial charge in [0, 0.05) is 48.1 Å². The molecule has 0 N–H and O–H groups in total. The molecule has 4 heterocycles. The molecule has 2 fully saturated rings. The van der Waals surface area contributed by atoms with Gasteiger partial charge in [0.1, 0.15) is 44.0 Å². The van der Waals surface area contributed by atoms with Crippen LogP contribution in [0, 0.1) is 0 Å². The minimum absolute atomic E-state index is 0. The van der Waals surface area contributed by atoms with Crippen molar-refractivity contribution >= 4 is 59.4 Å². The molecule has 0 amide bonds. The molecule has 5 aromatic rings. The average molecular weight is 779 g/mol. The van der Waals surface area contributed by atoms with E-state index in [1.54, 1.807) is 34.0 Å². The first-order valence-electron chi connectivity index (χ1n) is 16.4. The van der Waals surface area contributed by atoms with Crippen LogP contribution in [0.5, 0.6) is 5.75 Å². The van der Waals surface area contributed by atoms with Crippen LogP contribution in [0.2, 0.25) is 10.0 Å². The van der Waals surface area contributed by atoms with Crippen molar-refractivity contribution in [2.24, 2.45) is 0 Å². The highest BCUT2D eigenvalue weighted by molar-refractivity contribution is 6.35. The fourth-order valence-electron chi connectivity index (χ4n) is 6.24. The highest BCUT2D eigenvalue weighted by atomic mass is 35.5. The zero-order chi connectivity index (χ0) is 34.0. The van der Waals surface area contributed by atoms with Gasteiger partial charge in [-0.3, -0.25) is 0 Å². The minimum atomic E-state index is -1.16. The summed E-state index contributed by atoms with van der Waals surface area (Å²) in [6.45, 7) is 8.48. The Morgan fingerprint density at radius 2 is 1.55 bits per heavy atom. The highest BCUT2D eigenvalue weighted by Gasteiger charge is 2.45. The van der Waals surface area contributed by atoms with E-state index in [1.807, 2.05) is 44.2 Å². The van der Waals surface area contributed by atoms with Crippen LogP contribution in [0.3, 0.4) is 0 Å². The van der Waals surface area contributed by atoms with Crippen LogP contribution in [0.15, 0.2) is 90.5 Å². The number of anilines is 2. The van der Waals surface area contributed by atoms with Crippen molar-refractivity contribution in [3.63, 3.8) is 0 Å². The lowest BCUT2D eigenvalue weighted by Gasteiger charge is -2.37. The molecule has 0 aliphatic carbocycles. The molecule has 272 valence electrons. The molecule has 51 heavy (non-hydrogen) atoms. The van der Waals surface area contributed by atoms with Crippen LogP contribution in [-0.4, -0.2) is 74.6 Å². The van der Waals surface area contributed by atoms with Gasteiger partial charge in [0.2, 0.25) is 5.79 Å². The zero-order valence-electron chi connectivity index (χ0n) is 28.2. The van der Waals surface area contributed by atoms with E-state index in [4.69, 9.17) is 37.4 Å². The van der Waals surface area contributed by atoms with Gasteiger partial charge in [0.05, 0.1) is 23.4 Å². The van der Waals surface area contributed by atoms with Crippen LogP contribution in [-0.2, 0) is 21.8 Å². The Kier molecular flexibility index (Phi) is 12.6. The number of nitrogens with zero attached hydrogens (tertiary/aromatic N) is 8. The number of rotatable bonds is 11. The van der Waals surface area contributed by atoms with E-state index in [2.05, 4.69) is 49.2 Å². The van der Waals surface area contributed by atoms with E-state index in [1.165, 1.54) is 11.0 Å². The van der Waals surface area contributed by atoms with Crippen LogP contribution >= 0.6 is 48.0 Å². The molecule has 2 aliphatic heterocycles. The Morgan fingerprint density at radius 1 is 0.902 bits per heavy atom. The largest absolute Gasteiger partial charge is 0.491 e. The third-order valence-corrected chi connectivity index (χ3v) is 9.70. The Hall–Kier alpha value is -3.78. The standard InChI is InChI=1S/C35H38Cl2N8O4.2ClH/c1-3-25(2)45-34(46)44(24-40-45)29-7-5-27(6-8-29)41-14-16-42(17-15-41)28-9-11-30(12-10-28)47-19-31-20-48-35(49-31,21-43-23-38-22-39-43)32-13-4-26(36)18-33(32)37;;/h4-13,18,22-25,31H,3,14-17,19-21H2,1-2H3;2*1H/t25?,31-,35-;;/m0../s1. The first kappa shape index (κ1) is 38.5. The molecule has 16 heteroatoms. The Bertz CT molecular complexity index is 1920. The van der Waals surface area contributed by atoms with Gasteiger partial charge in [-0.25, -0.2) is 23.7 Å². The van der Waals surface area contributed by atoms with Crippen LogP contribution in [0.4, 0.5) is 11.4 Å². The van der Waals surface area contributed by atoms with Gasteiger partial charge in [-0.15, -0.1) is 24.8 Å². The van der Waals surface area contributed by atoms with Crippen molar-refractivity contribution in [1.82, 2.24) is 29.1 Å². The second-order valence-corrected chi connectivity index (χ2v) is 13.1. The van der Waals surface area contributed by atoms with Crippen LogP contribution in [0.1, 0.15) is 31.9 Å². The van der Waals surface area contributed by atoms with Crippen LogP contribution < -0.4 is 20.2 Å². The maximum Gasteiger partial charge on any atom is 0.350 e. The van der Waals surface area contributed by atoms with Crippen molar-refractivity contribution in [3.05, 3.63) is 112 Å². The molecule has 3 atom stereocenters. The zero-order valence-corrected chi connectivity index (χ0v) is 31.3. The van der Waals surface area contributed by atoms with Gasteiger partial charge < -0.3 is 24.0 Å². The van der Waals surface area contributed by atoms with Crippen molar-refractivity contribution in [3.8, 4) is 11.4 Å². The summed E-state index contributed by atoms with van der Waals surface area (Å²) in [5.41, 5.74) is 3.64.